The summed E-state index contributed by atoms with van der Waals surface area (Å²) in [7, 11) is -3.03. The highest BCUT2D eigenvalue weighted by Crippen LogP contribution is 2.33. The van der Waals surface area contributed by atoms with Crippen molar-refractivity contribution >= 4 is 10.0 Å². The first-order valence-electron chi connectivity index (χ1n) is 5.72. The molecule has 2 fully saturated rings. The lowest BCUT2D eigenvalue weighted by Crippen LogP contribution is -2.33. The van der Waals surface area contributed by atoms with Crippen LogP contribution in [0.25, 0.3) is 0 Å². The van der Waals surface area contributed by atoms with E-state index < -0.39 is 10.0 Å². The fraction of sp³-hybridized carbons (Fsp3) is 1.00. The van der Waals surface area contributed by atoms with E-state index in [-0.39, 0.29) is 6.04 Å². The average Bonchev–Trinajstić information content (AvgIpc) is 2.92. The van der Waals surface area contributed by atoms with Crippen LogP contribution in [0.5, 0.6) is 0 Å². The van der Waals surface area contributed by atoms with E-state index in [0.717, 1.165) is 6.42 Å². The summed E-state index contributed by atoms with van der Waals surface area (Å²) >= 11 is 0. The second-order valence-corrected chi connectivity index (χ2v) is 7.09. The van der Waals surface area contributed by atoms with E-state index in [1.807, 2.05) is 6.92 Å². The average molecular weight is 232 g/mol. The lowest BCUT2D eigenvalue weighted by molar-refractivity contribution is 0.461. The number of hydrogen-bond donors (Lipinski definition) is 1. The van der Waals surface area contributed by atoms with Crippen LogP contribution in [0.2, 0.25) is 0 Å². The van der Waals surface area contributed by atoms with Gasteiger partial charge in [-0.1, -0.05) is 19.8 Å². The summed E-state index contributed by atoms with van der Waals surface area (Å²) in [4.78, 5) is 0. The van der Waals surface area contributed by atoms with Gasteiger partial charge in [-0.3, -0.25) is 0 Å². The third-order valence-corrected chi connectivity index (χ3v) is 5.35. The third-order valence-electron chi connectivity index (χ3n) is 3.51. The molecule has 0 radical (unpaired) electrons. The standard InChI is InChI=1S/C10H20N2O2S/c1-8-6-12(7-10(8)11)15(13,14)5-4-9-2-3-9/h8-10H,2-7,11H2,1H3. The fourth-order valence-electron chi connectivity index (χ4n) is 2.02. The number of rotatable bonds is 4. The molecule has 88 valence electrons. The molecular weight excluding hydrogens is 212 g/mol. The molecule has 0 spiro atoms. The zero-order chi connectivity index (χ0) is 11.1. The van der Waals surface area contributed by atoms with Crippen LogP contribution < -0.4 is 5.73 Å². The molecular formula is C10H20N2O2S. The fourth-order valence-corrected chi connectivity index (χ4v) is 3.78. The molecule has 0 bridgehead atoms. The Bertz CT molecular complexity index is 314. The molecule has 5 heteroatoms. The normalized spacial score (nSPS) is 33.5. The monoisotopic (exact) mass is 232 g/mol. The van der Waals surface area contributed by atoms with E-state index >= 15 is 0 Å². The van der Waals surface area contributed by atoms with Gasteiger partial charge in [-0.05, 0) is 18.3 Å². The van der Waals surface area contributed by atoms with Gasteiger partial charge < -0.3 is 5.73 Å². The Morgan fingerprint density at radius 1 is 1.33 bits per heavy atom. The van der Waals surface area contributed by atoms with E-state index in [1.165, 1.54) is 12.8 Å². The summed E-state index contributed by atoms with van der Waals surface area (Å²) in [6.07, 6.45) is 3.26. The van der Waals surface area contributed by atoms with Crippen LogP contribution in [0.4, 0.5) is 0 Å². The summed E-state index contributed by atoms with van der Waals surface area (Å²) in [5, 5.41) is 0. The second-order valence-electron chi connectivity index (χ2n) is 5.01. The summed E-state index contributed by atoms with van der Waals surface area (Å²) in [5.74, 6) is 1.28. The molecule has 1 saturated heterocycles. The van der Waals surface area contributed by atoms with Gasteiger partial charge in [0.15, 0.2) is 0 Å². The largest absolute Gasteiger partial charge is 0.326 e. The molecule has 4 nitrogen and oxygen atoms in total. The highest BCUT2D eigenvalue weighted by molar-refractivity contribution is 7.89. The van der Waals surface area contributed by atoms with Gasteiger partial charge in [-0.25, -0.2) is 12.7 Å². The van der Waals surface area contributed by atoms with E-state index in [2.05, 4.69) is 0 Å². The van der Waals surface area contributed by atoms with Gasteiger partial charge in [0.1, 0.15) is 0 Å². The first-order valence-corrected chi connectivity index (χ1v) is 7.33. The van der Waals surface area contributed by atoms with Crippen molar-refractivity contribution in [3.63, 3.8) is 0 Å². The Hall–Kier alpha value is -0.130. The number of nitrogens with zero attached hydrogens (tertiary/aromatic N) is 1. The van der Waals surface area contributed by atoms with Crippen LogP contribution in [0.1, 0.15) is 26.2 Å². The van der Waals surface area contributed by atoms with Crippen molar-refractivity contribution in [3.8, 4) is 0 Å². The molecule has 0 amide bonds. The number of hydrogen-bond acceptors (Lipinski definition) is 3. The van der Waals surface area contributed by atoms with E-state index in [4.69, 9.17) is 5.73 Å². The Labute approximate surface area is 91.9 Å². The predicted octanol–water partition coefficient (Wildman–Crippen LogP) is 0.395. The van der Waals surface area contributed by atoms with Crippen molar-refractivity contribution in [2.45, 2.75) is 32.2 Å². The molecule has 2 unspecified atom stereocenters. The minimum atomic E-state index is -3.03. The van der Waals surface area contributed by atoms with Crippen LogP contribution in [0, 0.1) is 11.8 Å². The summed E-state index contributed by atoms with van der Waals surface area (Å²) in [6.45, 7) is 3.13. The van der Waals surface area contributed by atoms with Crippen LogP contribution in [-0.4, -0.2) is 37.6 Å². The molecule has 0 aromatic carbocycles. The van der Waals surface area contributed by atoms with Crippen molar-refractivity contribution in [2.75, 3.05) is 18.8 Å². The molecule has 2 N–H and O–H groups in total. The maximum absolute atomic E-state index is 11.9. The van der Waals surface area contributed by atoms with Crippen molar-refractivity contribution in [1.29, 1.82) is 0 Å². The first-order chi connectivity index (χ1) is 6.99. The quantitative estimate of drug-likeness (QED) is 0.763. The van der Waals surface area contributed by atoms with Crippen LogP contribution in [0.3, 0.4) is 0 Å². The van der Waals surface area contributed by atoms with Crippen molar-refractivity contribution in [3.05, 3.63) is 0 Å². The van der Waals surface area contributed by atoms with Crippen molar-refractivity contribution < 1.29 is 8.42 Å². The SMILES string of the molecule is CC1CN(S(=O)(=O)CCC2CC2)CC1N. The Balaban J connectivity index is 1.90. The molecule has 1 aliphatic heterocycles. The maximum Gasteiger partial charge on any atom is 0.214 e. The van der Waals surface area contributed by atoms with Gasteiger partial charge in [0.05, 0.1) is 5.75 Å². The number of sulfonamides is 1. The Morgan fingerprint density at radius 3 is 2.47 bits per heavy atom. The van der Waals surface area contributed by atoms with Crippen LogP contribution >= 0.6 is 0 Å². The van der Waals surface area contributed by atoms with E-state index in [1.54, 1.807) is 4.31 Å². The smallest absolute Gasteiger partial charge is 0.214 e. The minimum absolute atomic E-state index is 0.0145. The first kappa shape index (κ1) is 11.4. The third kappa shape index (κ3) is 2.71. The van der Waals surface area contributed by atoms with Crippen LogP contribution in [0.15, 0.2) is 0 Å². The van der Waals surface area contributed by atoms with Gasteiger partial charge in [0.25, 0.3) is 0 Å². The molecule has 1 aliphatic carbocycles. The van der Waals surface area contributed by atoms with Gasteiger partial charge in [0.2, 0.25) is 10.0 Å². The van der Waals surface area contributed by atoms with E-state index in [9.17, 15) is 8.42 Å². The van der Waals surface area contributed by atoms with Crippen molar-refractivity contribution in [1.82, 2.24) is 4.31 Å². The second kappa shape index (κ2) is 4.03. The topological polar surface area (TPSA) is 63.4 Å². The molecule has 0 aromatic heterocycles. The van der Waals surface area contributed by atoms with Gasteiger partial charge in [0, 0.05) is 19.1 Å². The lowest BCUT2D eigenvalue weighted by Gasteiger charge is -2.15. The van der Waals surface area contributed by atoms with Gasteiger partial charge in [-0.15, -0.1) is 0 Å². The highest BCUT2D eigenvalue weighted by atomic mass is 32.2. The van der Waals surface area contributed by atoms with Crippen LogP contribution in [-0.2, 0) is 10.0 Å². The Kier molecular flexibility index (Phi) is 3.05. The molecule has 1 heterocycles. The van der Waals surface area contributed by atoms with Gasteiger partial charge in [-0.2, -0.15) is 0 Å². The molecule has 2 aliphatic rings. The molecule has 0 aromatic rings. The van der Waals surface area contributed by atoms with Crippen molar-refractivity contribution in [2.24, 2.45) is 17.6 Å². The summed E-state index contributed by atoms with van der Waals surface area (Å²) < 4.78 is 25.4. The molecule has 1 saturated carbocycles. The summed E-state index contributed by atoms with van der Waals surface area (Å²) in [5.41, 5.74) is 5.83. The zero-order valence-electron chi connectivity index (χ0n) is 9.22. The number of nitrogens with two attached hydrogens (primary N) is 1. The highest BCUT2D eigenvalue weighted by Gasteiger charge is 2.35. The Morgan fingerprint density at radius 2 is 2.00 bits per heavy atom. The molecule has 2 rings (SSSR count). The van der Waals surface area contributed by atoms with E-state index in [0.29, 0.717) is 30.7 Å². The molecule has 2 atom stereocenters. The minimum Gasteiger partial charge on any atom is -0.326 e. The summed E-state index contributed by atoms with van der Waals surface area (Å²) in [6, 6.07) is 0.0145. The maximum atomic E-state index is 11.9. The molecule has 15 heavy (non-hydrogen) atoms. The predicted molar refractivity (Wildman–Crippen MR) is 59.8 cm³/mol. The lowest BCUT2D eigenvalue weighted by atomic mass is 10.1. The van der Waals surface area contributed by atoms with Gasteiger partial charge >= 0.3 is 0 Å². The zero-order valence-corrected chi connectivity index (χ0v) is 10.0.